The Balaban J connectivity index is 1.51. The van der Waals surface area contributed by atoms with E-state index in [1.807, 2.05) is 60.7 Å². The summed E-state index contributed by atoms with van der Waals surface area (Å²) in [5.74, 6) is 2.14. The fraction of sp³-hybridized carbons (Fsp3) is 0.333. The van der Waals surface area contributed by atoms with Gasteiger partial charge in [0, 0.05) is 11.6 Å². The monoisotopic (exact) mass is 351 g/mol. The zero-order chi connectivity index (χ0) is 18.3. The summed E-state index contributed by atoms with van der Waals surface area (Å²) in [6.07, 6.45) is 0. The second kappa shape index (κ2) is 6.38. The highest BCUT2D eigenvalue weighted by atomic mass is 16.2. The number of anilines is 1. The van der Waals surface area contributed by atoms with Crippen molar-refractivity contribution in [2.45, 2.75) is 33.0 Å². The number of aromatic nitrogens is 5. The summed E-state index contributed by atoms with van der Waals surface area (Å²) in [5.41, 5.74) is 3.10. The molecule has 1 unspecified atom stereocenters. The van der Waals surface area contributed by atoms with Crippen LogP contribution in [0.1, 0.15) is 17.2 Å². The van der Waals surface area contributed by atoms with Gasteiger partial charge in [-0.3, -0.25) is 14.8 Å². The van der Waals surface area contributed by atoms with Gasteiger partial charge in [-0.05, 0) is 26.5 Å². The van der Waals surface area contributed by atoms with Gasteiger partial charge >= 0.3 is 0 Å². The maximum Gasteiger partial charge on any atom is 0.244 e. The molecule has 0 aliphatic carbocycles. The molecule has 1 aromatic carbocycles. The van der Waals surface area contributed by atoms with Crippen molar-refractivity contribution >= 4 is 11.7 Å². The number of fused-ring (bicyclic) bond motifs is 1. The second-order valence-electron chi connectivity index (χ2n) is 6.68. The Kier molecular flexibility index (Phi) is 4.04. The fourth-order valence-corrected chi connectivity index (χ4v) is 3.32. The number of likely N-dealkylation sites (N-methyl/N-ethyl adjacent to an activating group) is 1. The van der Waals surface area contributed by atoms with Gasteiger partial charge in [0.05, 0.1) is 18.8 Å². The van der Waals surface area contributed by atoms with Crippen molar-refractivity contribution in [2.24, 2.45) is 0 Å². The Morgan fingerprint density at radius 3 is 2.88 bits per heavy atom. The molecule has 0 fully saturated rings. The van der Waals surface area contributed by atoms with E-state index >= 15 is 0 Å². The van der Waals surface area contributed by atoms with Crippen LogP contribution < -0.4 is 5.32 Å². The lowest BCUT2D eigenvalue weighted by molar-refractivity contribution is -0.122. The molecule has 1 amide bonds. The quantitative estimate of drug-likeness (QED) is 0.750. The lowest BCUT2D eigenvalue weighted by atomic mass is 10.1. The summed E-state index contributed by atoms with van der Waals surface area (Å²) < 4.78 is 1.99. The number of benzene rings is 1. The van der Waals surface area contributed by atoms with Gasteiger partial charge in [0.1, 0.15) is 17.7 Å². The van der Waals surface area contributed by atoms with E-state index in [2.05, 4.69) is 25.7 Å². The molecule has 1 aliphatic rings. The Hall–Kier alpha value is -3.00. The summed E-state index contributed by atoms with van der Waals surface area (Å²) in [5, 5.41) is 18.4. The van der Waals surface area contributed by atoms with Gasteiger partial charge in [-0.1, -0.05) is 24.3 Å². The van der Waals surface area contributed by atoms with Crippen LogP contribution in [0.25, 0.3) is 11.3 Å². The fourth-order valence-electron chi connectivity index (χ4n) is 3.32. The highest BCUT2D eigenvalue weighted by molar-refractivity contribution is 5.94. The zero-order valence-electron chi connectivity index (χ0n) is 15.0. The summed E-state index contributed by atoms with van der Waals surface area (Å²) in [7, 11) is 1.92. The van der Waals surface area contributed by atoms with E-state index < -0.39 is 0 Å². The van der Waals surface area contributed by atoms with Crippen molar-refractivity contribution in [3.8, 4) is 11.3 Å². The first-order chi connectivity index (χ1) is 12.5. The van der Waals surface area contributed by atoms with Crippen molar-refractivity contribution in [3.63, 3.8) is 0 Å². The van der Waals surface area contributed by atoms with Crippen LogP contribution in [0, 0.1) is 13.8 Å². The number of carbonyl (C=O) groups is 1. The van der Waals surface area contributed by atoms with Crippen LogP contribution in [-0.2, 0) is 17.9 Å². The van der Waals surface area contributed by atoms with Gasteiger partial charge in [0.2, 0.25) is 5.91 Å². The number of nitrogens with zero attached hydrogens (tertiary/aromatic N) is 5. The number of hydrogen-bond donors (Lipinski definition) is 2. The molecule has 2 aromatic heterocycles. The molecular formula is C18H21N7O. The largest absolute Gasteiger partial charge is 0.312 e. The Labute approximate surface area is 151 Å². The first-order valence-corrected chi connectivity index (χ1v) is 8.54. The lowest BCUT2D eigenvalue weighted by Crippen LogP contribution is -2.48. The minimum absolute atomic E-state index is 0.0888. The summed E-state index contributed by atoms with van der Waals surface area (Å²) in [4.78, 5) is 14.8. The number of aromatic amines is 1. The number of aryl methyl sites for hydroxylation is 2. The third-order valence-corrected chi connectivity index (χ3v) is 4.86. The first-order valence-electron chi connectivity index (χ1n) is 8.54. The Bertz CT molecular complexity index is 958. The average molecular weight is 351 g/mol. The number of nitrogens with one attached hydrogen (secondary N) is 2. The van der Waals surface area contributed by atoms with E-state index in [0.717, 1.165) is 28.5 Å². The first kappa shape index (κ1) is 16.5. The second-order valence-corrected chi connectivity index (χ2v) is 6.68. The van der Waals surface area contributed by atoms with Crippen LogP contribution >= 0.6 is 0 Å². The lowest BCUT2D eigenvalue weighted by Gasteiger charge is -2.31. The van der Waals surface area contributed by atoms with Gasteiger partial charge in [0.25, 0.3) is 0 Å². The molecule has 0 spiro atoms. The molecule has 8 heteroatoms. The van der Waals surface area contributed by atoms with Crippen molar-refractivity contribution in [2.75, 3.05) is 12.4 Å². The molecule has 4 rings (SSSR count). The van der Waals surface area contributed by atoms with Crippen LogP contribution in [0.3, 0.4) is 0 Å². The van der Waals surface area contributed by atoms with E-state index in [1.54, 1.807) is 0 Å². The summed E-state index contributed by atoms with van der Waals surface area (Å²) in [6, 6.07) is 9.62. The molecule has 0 bridgehead atoms. The van der Waals surface area contributed by atoms with Gasteiger partial charge in [0.15, 0.2) is 5.82 Å². The van der Waals surface area contributed by atoms with Gasteiger partial charge in [-0.25, -0.2) is 0 Å². The van der Waals surface area contributed by atoms with Crippen LogP contribution in [0.2, 0.25) is 0 Å². The van der Waals surface area contributed by atoms with E-state index in [-0.39, 0.29) is 11.9 Å². The molecule has 0 radical (unpaired) electrons. The molecule has 0 saturated heterocycles. The molecule has 1 aliphatic heterocycles. The third kappa shape index (κ3) is 2.88. The number of hydrogen-bond acceptors (Lipinski definition) is 5. The van der Waals surface area contributed by atoms with E-state index in [9.17, 15) is 4.79 Å². The van der Waals surface area contributed by atoms with E-state index in [0.29, 0.717) is 18.9 Å². The maximum absolute atomic E-state index is 12.8. The zero-order valence-corrected chi connectivity index (χ0v) is 15.0. The highest BCUT2D eigenvalue weighted by Gasteiger charge is 2.31. The van der Waals surface area contributed by atoms with Gasteiger partial charge in [-0.15, -0.1) is 10.2 Å². The number of H-pyrrole nitrogens is 1. The Morgan fingerprint density at radius 2 is 2.08 bits per heavy atom. The SMILES string of the molecule is Cc1ccccc1-c1cc(NC(=O)C2Cn3c(C)nnc3CN2C)n[nH]1. The smallest absolute Gasteiger partial charge is 0.244 e. The highest BCUT2D eigenvalue weighted by Crippen LogP contribution is 2.23. The van der Waals surface area contributed by atoms with Crippen LogP contribution in [-0.4, -0.2) is 48.9 Å². The maximum atomic E-state index is 12.8. The number of rotatable bonds is 3. The standard InChI is InChI=1S/C18H21N7O/c1-11-6-4-5-7-13(11)14-8-16(22-21-14)19-18(26)15-9-25-12(2)20-23-17(25)10-24(15)3/h4-8,15H,9-10H2,1-3H3,(H2,19,21,22,26). The molecule has 134 valence electrons. The van der Waals surface area contributed by atoms with E-state index in [4.69, 9.17) is 0 Å². The number of carbonyl (C=O) groups excluding carboxylic acids is 1. The van der Waals surface area contributed by atoms with Crippen molar-refractivity contribution in [1.82, 2.24) is 29.9 Å². The predicted octanol–water partition coefficient (Wildman–Crippen LogP) is 1.74. The Morgan fingerprint density at radius 1 is 1.27 bits per heavy atom. The van der Waals surface area contributed by atoms with Crippen LogP contribution in [0.5, 0.6) is 0 Å². The molecule has 8 nitrogen and oxygen atoms in total. The van der Waals surface area contributed by atoms with Crippen LogP contribution in [0.15, 0.2) is 30.3 Å². The summed E-state index contributed by atoms with van der Waals surface area (Å²) >= 11 is 0. The third-order valence-electron chi connectivity index (χ3n) is 4.86. The predicted molar refractivity (Wildman–Crippen MR) is 97.4 cm³/mol. The summed E-state index contributed by atoms with van der Waals surface area (Å²) in [6.45, 7) is 5.07. The van der Waals surface area contributed by atoms with Crippen LogP contribution in [0.4, 0.5) is 5.82 Å². The molecule has 3 aromatic rings. The molecule has 3 heterocycles. The van der Waals surface area contributed by atoms with Gasteiger partial charge in [-0.2, -0.15) is 5.10 Å². The number of amides is 1. The van der Waals surface area contributed by atoms with Crippen molar-refractivity contribution in [3.05, 3.63) is 47.5 Å². The normalized spacial score (nSPS) is 17.1. The molecule has 26 heavy (non-hydrogen) atoms. The van der Waals surface area contributed by atoms with Gasteiger partial charge < -0.3 is 9.88 Å². The molecule has 2 N–H and O–H groups in total. The average Bonchev–Trinajstić information content (AvgIpc) is 3.21. The molecular weight excluding hydrogens is 330 g/mol. The van der Waals surface area contributed by atoms with E-state index in [1.165, 1.54) is 0 Å². The minimum Gasteiger partial charge on any atom is -0.312 e. The minimum atomic E-state index is -0.296. The van der Waals surface area contributed by atoms with Crippen molar-refractivity contribution in [1.29, 1.82) is 0 Å². The molecule has 0 saturated carbocycles. The molecule has 1 atom stereocenters. The topological polar surface area (TPSA) is 91.7 Å². The van der Waals surface area contributed by atoms with Crippen molar-refractivity contribution < 1.29 is 4.79 Å².